The number of nitrogens with one attached hydrogen (secondary N) is 1. The molecule has 2 aliphatic heterocycles. The molecule has 1 aromatic heterocycles. The van der Waals surface area contributed by atoms with E-state index in [1.807, 2.05) is 0 Å². The molecule has 5 rings (SSSR count). The first kappa shape index (κ1) is 20.4. The molecular weight excluding hydrogens is 436 g/mol. The van der Waals surface area contributed by atoms with E-state index in [4.69, 9.17) is 16.3 Å². The molecule has 32 heavy (non-hydrogen) atoms. The summed E-state index contributed by atoms with van der Waals surface area (Å²) in [5.74, 6) is -1.98. The average Bonchev–Trinajstić information content (AvgIpc) is 3.56. The molecule has 1 saturated heterocycles. The van der Waals surface area contributed by atoms with Crippen LogP contribution in [0.5, 0.6) is 0 Å². The number of hydrogen-bond acceptors (Lipinski definition) is 6. The summed E-state index contributed by atoms with van der Waals surface area (Å²) in [5.41, 5.74) is -0.537. The quantitative estimate of drug-likeness (QED) is 0.548. The largest absolute Gasteiger partial charge is 0.452 e. The number of carbonyl (C=O) groups excluding carboxylic acids is 4. The fraction of sp³-hybridized carbons (Fsp3) is 0.318. The maximum atomic E-state index is 13.4. The van der Waals surface area contributed by atoms with Crippen molar-refractivity contribution in [3.8, 4) is 0 Å². The van der Waals surface area contributed by atoms with E-state index in [1.165, 1.54) is 16.0 Å². The van der Waals surface area contributed by atoms with Gasteiger partial charge in [0, 0.05) is 25.1 Å². The van der Waals surface area contributed by atoms with Crippen molar-refractivity contribution in [2.24, 2.45) is 0 Å². The van der Waals surface area contributed by atoms with E-state index >= 15 is 0 Å². The third kappa shape index (κ3) is 3.12. The van der Waals surface area contributed by atoms with Crippen molar-refractivity contribution in [2.75, 3.05) is 16.8 Å². The van der Waals surface area contributed by atoms with Crippen molar-refractivity contribution < 1.29 is 23.9 Å². The minimum absolute atomic E-state index is 0.0947. The highest BCUT2D eigenvalue weighted by molar-refractivity contribution is 6.32. The Morgan fingerprint density at radius 2 is 1.97 bits per heavy atom. The van der Waals surface area contributed by atoms with Crippen LogP contribution in [-0.2, 0) is 19.1 Å². The summed E-state index contributed by atoms with van der Waals surface area (Å²) in [7, 11) is 0. The molecule has 10 heteroatoms. The SMILES string of the molecule is O=C(COC(=O)[C@@]12CCC(=O)N1c1ccccc1C(=O)N2C1CC1)Nc1cccnc1Cl. The Balaban J connectivity index is 1.43. The Labute approximate surface area is 188 Å². The highest BCUT2D eigenvalue weighted by Crippen LogP contribution is 2.49. The van der Waals surface area contributed by atoms with Crippen molar-refractivity contribution in [2.45, 2.75) is 37.4 Å². The van der Waals surface area contributed by atoms with Gasteiger partial charge in [-0.2, -0.15) is 0 Å². The van der Waals surface area contributed by atoms with Crippen molar-refractivity contribution in [3.05, 3.63) is 53.3 Å². The molecule has 0 bridgehead atoms. The fourth-order valence-corrected chi connectivity index (χ4v) is 4.59. The van der Waals surface area contributed by atoms with Gasteiger partial charge >= 0.3 is 5.97 Å². The first-order valence-electron chi connectivity index (χ1n) is 10.3. The van der Waals surface area contributed by atoms with Crippen LogP contribution in [0.4, 0.5) is 11.4 Å². The van der Waals surface area contributed by atoms with E-state index in [-0.39, 0.29) is 41.5 Å². The molecule has 3 amide bonds. The number of rotatable bonds is 5. The summed E-state index contributed by atoms with van der Waals surface area (Å²) in [4.78, 5) is 58.8. The van der Waals surface area contributed by atoms with Gasteiger partial charge in [0.05, 0.1) is 16.9 Å². The molecule has 164 valence electrons. The number of para-hydroxylation sites is 1. The van der Waals surface area contributed by atoms with Gasteiger partial charge in [-0.25, -0.2) is 9.78 Å². The van der Waals surface area contributed by atoms with Gasteiger partial charge in [-0.15, -0.1) is 0 Å². The van der Waals surface area contributed by atoms with Gasteiger partial charge < -0.3 is 15.0 Å². The third-order valence-electron chi connectivity index (χ3n) is 5.91. The van der Waals surface area contributed by atoms with Crippen molar-refractivity contribution in [1.29, 1.82) is 0 Å². The Morgan fingerprint density at radius 1 is 1.19 bits per heavy atom. The van der Waals surface area contributed by atoms with Crippen LogP contribution in [0, 0.1) is 0 Å². The number of ether oxygens (including phenoxy) is 1. The zero-order valence-corrected chi connectivity index (χ0v) is 17.7. The Hall–Kier alpha value is -3.46. The van der Waals surface area contributed by atoms with E-state index in [9.17, 15) is 19.2 Å². The molecule has 0 spiro atoms. The predicted octanol–water partition coefficient (Wildman–Crippen LogP) is 2.36. The van der Waals surface area contributed by atoms with E-state index < -0.39 is 24.1 Å². The molecule has 2 aromatic rings. The number of benzene rings is 1. The Kier molecular flexibility index (Phi) is 4.85. The summed E-state index contributed by atoms with van der Waals surface area (Å²) in [6, 6.07) is 9.76. The van der Waals surface area contributed by atoms with Crippen LogP contribution < -0.4 is 10.2 Å². The van der Waals surface area contributed by atoms with Crippen LogP contribution in [0.15, 0.2) is 42.6 Å². The third-order valence-corrected chi connectivity index (χ3v) is 6.21. The van der Waals surface area contributed by atoms with Gasteiger partial charge in [-0.1, -0.05) is 23.7 Å². The van der Waals surface area contributed by atoms with Crippen LogP contribution in [0.25, 0.3) is 0 Å². The molecule has 3 heterocycles. The fourth-order valence-electron chi connectivity index (χ4n) is 4.42. The standard InChI is InChI=1S/C22H19ClN4O5/c23-19-15(5-3-11-24-19)25-17(28)12-32-21(31)22-10-9-18(29)27(22)16-6-2-1-4-14(16)20(30)26(22)13-7-8-13/h1-6,11,13H,7-10,12H2,(H,25,28)/t22-/m1/s1. The lowest BCUT2D eigenvalue weighted by atomic mass is 9.96. The first-order valence-corrected chi connectivity index (χ1v) is 10.6. The number of fused-ring (bicyclic) bond motifs is 3. The first-order chi connectivity index (χ1) is 15.4. The number of carbonyl (C=O) groups is 4. The van der Waals surface area contributed by atoms with Crippen LogP contribution in [0.3, 0.4) is 0 Å². The zero-order chi connectivity index (χ0) is 22.5. The van der Waals surface area contributed by atoms with Crippen LogP contribution in [-0.4, -0.2) is 51.9 Å². The van der Waals surface area contributed by atoms with Gasteiger partial charge in [0.25, 0.3) is 11.8 Å². The number of anilines is 2. The lowest BCUT2D eigenvalue weighted by Crippen LogP contribution is -2.69. The summed E-state index contributed by atoms with van der Waals surface area (Å²) in [6.07, 6.45) is 3.16. The average molecular weight is 455 g/mol. The number of nitrogens with zero attached hydrogens (tertiary/aromatic N) is 3. The normalized spacial score (nSPS) is 21.8. The molecule has 1 atom stereocenters. The molecule has 1 saturated carbocycles. The predicted molar refractivity (Wildman–Crippen MR) is 114 cm³/mol. The summed E-state index contributed by atoms with van der Waals surface area (Å²) in [6.45, 7) is -0.595. The molecule has 0 unspecified atom stereocenters. The van der Waals surface area contributed by atoms with Crippen LogP contribution >= 0.6 is 11.6 Å². The Bertz CT molecular complexity index is 1150. The van der Waals surface area contributed by atoms with E-state index in [0.717, 1.165) is 12.8 Å². The minimum atomic E-state index is -1.59. The molecular formula is C22H19ClN4O5. The maximum Gasteiger partial charge on any atom is 0.354 e. The Morgan fingerprint density at radius 3 is 2.72 bits per heavy atom. The topological polar surface area (TPSA) is 109 Å². The second kappa shape index (κ2) is 7.59. The smallest absolute Gasteiger partial charge is 0.354 e. The van der Waals surface area contributed by atoms with Crippen molar-refractivity contribution in [3.63, 3.8) is 0 Å². The van der Waals surface area contributed by atoms with E-state index in [2.05, 4.69) is 10.3 Å². The molecule has 3 aliphatic rings. The molecule has 1 aromatic carbocycles. The second-order valence-corrected chi connectivity index (χ2v) is 8.29. The molecule has 1 N–H and O–H groups in total. The highest BCUT2D eigenvalue weighted by Gasteiger charge is 2.64. The molecule has 2 fully saturated rings. The number of esters is 1. The van der Waals surface area contributed by atoms with Crippen LogP contribution in [0.2, 0.25) is 5.15 Å². The summed E-state index contributed by atoms with van der Waals surface area (Å²) in [5, 5.41) is 2.64. The van der Waals surface area contributed by atoms with Crippen LogP contribution in [0.1, 0.15) is 36.0 Å². The highest BCUT2D eigenvalue weighted by atomic mass is 35.5. The van der Waals surface area contributed by atoms with Crippen molar-refractivity contribution in [1.82, 2.24) is 9.88 Å². The number of halogens is 1. The van der Waals surface area contributed by atoms with E-state index in [0.29, 0.717) is 11.3 Å². The van der Waals surface area contributed by atoms with Gasteiger partial charge in [-0.05, 0) is 37.1 Å². The summed E-state index contributed by atoms with van der Waals surface area (Å²) >= 11 is 5.94. The van der Waals surface area contributed by atoms with E-state index in [1.54, 1.807) is 36.4 Å². The van der Waals surface area contributed by atoms with Gasteiger partial charge in [0.1, 0.15) is 0 Å². The van der Waals surface area contributed by atoms with Gasteiger partial charge in [-0.3, -0.25) is 19.3 Å². The zero-order valence-electron chi connectivity index (χ0n) is 16.9. The number of amides is 3. The molecule has 1 aliphatic carbocycles. The number of aromatic nitrogens is 1. The molecule has 0 radical (unpaired) electrons. The maximum absolute atomic E-state index is 13.4. The lowest BCUT2D eigenvalue weighted by Gasteiger charge is -2.48. The number of hydrogen-bond donors (Lipinski definition) is 1. The van der Waals surface area contributed by atoms with Crippen molar-refractivity contribution >= 4 is 46.7 Å². The lowest BCUT2D eigenvalue weighted by molar-refractivity contribution is -0.159. The monoisotopic (exact) mass is 454 g/mol. The number of pyridine rings is 1. The molecule has 9 nitrogen and oxygen atoms in total. The second-order valence-electron chi connectivity index (χ2n) is 7.94. The summed E-state index contributed by atoms with van der Waals surface area (Å²) < 4.78 is 5.38. The minimum Gasteiger partial charge on any atom is -0.452 e. The van der Waals surface area contributed by atoms with Gasteiger partial charge in [0.15, 0.2) is 11.8 Å². The van der Waals surface area contributed by atoms with Gasteiger partial charge in [0.2, 0.25) is 11.6 Å².